The van der Waals surface area contributed by atoms with E-state index in [1.54, 1.807) is 0 Å². The van der Waals surface area contributed by atoms with E-state index in [-0.39, 0.29) is 0 Å². The average Bonchev–Trinajstić information content (AvgIpc) is 2.33. The highest BCUT2D eigenvalue weighted by Crippen LogP contribution is 2.12. The molecule has 0 rings (SSSR count). The smallest absolute Gasteiger partial charge is 0.0574 e. The number of hydrogen-bond acceptors (Lipinski definition) is 2. The maximum Gasteiger partial charge on any atom is 0.0574 e. The van der Waals surface area contributed by atoms with Crippen molar-refractivity contribution in [1.29, 1.82) is 0 Å². The van der Waals surface area contributed by atoms with E-state index in [0.717, 1.165) is 26.2 Å². The van der Waals surface area contributed by atoms with E-state index in [1.165, 1.54) is 44.9 Å². The fraction of sp³-hybridized carbons (Fsp3) is 1.00. The molecule has 0 aromatic rings. The van der Waals surface area contributed by atoms with Gasteiger partial charge in [-0.2, -0.15) is 0 Å². The first-order valence-corrected chi connectivity index (χ1v) is 7.54. The normalized spacial score (nSPS) is 12.9. The molecule has 0 heterocycles. The molecule has 0 N–H and O–H groups in total. The summed E-state index contributed by atoms with van der Waals surface area (Å²) in [5, 5.41) is 0. The Kier molecular flexibility index (Phi) is 13.9. The van der Waals surface area contributed by atoms with Crippen LogP contribution in [0.3, 0.4) is 0 Å². The van der Waals surface area contributed by atoms with Crippen LogP contribution in [0.2, 0.25) is 0 Å². The molecule has 104 valence electrons. The lowest BCUT2D eigenvalue weighted by Gasteiger charge is -2.15. The molecule has 2 nitrogen and oxygen atoms in total. The third kappa shape index (κ3) is 12.2. The Bertz CT molecular complexity index is 131. The Morgan fingerprint density at radius 3 is 2.18 bits per heavy atom. The molecule has 0 bridgehead atoms. The van der Waals surface area contributed by atoms with Crippen molar-refractivity contribution in [3.63, 3.8) is 0 Å². The summed E-state index contributed by atoms with van der Waals surface area (Å²) in [6.07, 6.45) is 10.5. The van der Waals surface area contributed by atoms with E-state index < -0.39 is 0 Å². The minimum absolute atomic E-state index is 0.501. The zero-order valence-electron chi connectivity index (χ0n) is 12.2. The number of ether oxygens (including phenoxy) is 2. The summed E-state index contributed by atoms with van der Waals surface area (Å²) in [5.41, 5.74) is 0. The first-order valence-electron chi connectivity index (χ1n) is 7.54. The van der Waals surface area contributed by atoms with E-state index in [9.17, 15) is 0 Å². The van der Waals surface area contributed by atoms with Crippen molar-refractivity contribution in [3.8, 4) is 0 Å². The van der Waals surface area contributed by atoms with Gasteiger partial charge in [0.15, 0.2) is 0 Å². The molecular weight excluding hydrogens is 212 g/mol. The van der Waals surface area contributed by atoms with Gasteiger partial charge in [0.1, 0.15) is 0 Å². The third-order valence-electron chi connectivity index (χ3n) is 2.93. The molecule has 0 aromatic carbocycles. The number of rotatable bonds is 13. The van der Waals surface area contributed by atoms with Gasteiger partial charge in [0, 0.05) is 19.8 Å². The van der Waals surface area contributed by atoms with Gasteiger partial charge in [-0.05, 0) is 32.6 Å². The molecule has 0 amide bonds. The van der Waals surface area contributed by atoms with Gasteiger partial charge in [-0.1, -0.05) is 39.5 Å². The minimum atomic E-state index is 0.501. The molecule has 0 aliphatic heterocycles. The van der Waals surface area contributed by atoms with Crippen LogP contribution in [0.25, 0.3) is 0 Å². The molecule has 1 atom stereocenters. The summed E-state index contributed by atoms with van der Waals surface area (Å²) in [6.45, 7) is 9.20. The van der Waals surface area contributed by atoms with Crippen LogP contribution >= 0.6 is 0 Å². The maximum atomic E-state index is 5.72. The van der Waals surface area contributed by atoms with E-state index in [2.05, 4.69) is 20.8 Å². The quantitative estimate of drug-likeness (QED) is 0.442. The van der Waals surface area contributed by atoms with Crippen molar-refractivity contribution >= 4 is 0 Å². The predicted octanol–water partition coefficient (Wildman–Crippen LogP) is 4.57. The van der Waals surface area contributed by atoms with E-state index in [0.29, 0.717) is 6.10 Å². The van der Waals surface area contributed by atoms with Gasteiger partial charge < -0.3 is 9.47 Å². The van der Waals surface area contributed by atoms with Gasteiger partial charge in [-0.15, -0.1) is 0 Å². The fourth-order valence-electron chi connectivity index (χ4n) is 2.04. The summed E-state index contributed by atoms with van der Waals surface area (Å²) in [6, 6.07) is 0. The minimum Gasteiger partial charge on any atom is -0.381 e. The lowest BCUT2D eigenvalue weighted by molar-refractivity contribution is 0.0482. The Morgan fingerprint density at radius 2 is 1.53 bits per heavy atom. The second-order valence-electron chi connectivity index (χ2n) is 4.68. The van der Waals surface area contributed by atoms with E-state index >= 15 is 0 Å². The van der Waals surface area contributed by atoms with Crippen molar-refractivity contribution in [2.45, 2.75) is 78.2 Å². The van der Waals surface area contributed by atoms with Crippen molar-refractivity contribution in [3.05, 3.63) is 0 Å². The zero-order chi connectivity index (χ0) is 12.8. The molecular formula is C15H32O2. The van der Waals surface area contributed by atoms with Crippen LogP contribution in [0.15, 0.2) is 0 Å². The fourth-order valence-corrected chi connectivity index (χ4v) is 2.04. The van der Waals surface area contributed by atoms with Gasteiger partial charge in [-0.25, -0.2) is 0 Å². The summed E-state index contributed by atoms with van der Waals surface area (Å²) in [7, 11) is 0. The van der Waals surface area contributed by atoms with Crippen molar-refractivity contribution in [2.24, 2.45) is 0 Å². The highest BCUT2D eigenvalue weighted by molar-refractivity contribution is 4.57. The summed E-state index contributed by atoms with van der Waals surface area (Å²) < 4.78 is 11.2. The van der Waals surface area contributed by atoms with Gasteiger partial charge in [0.25, 0.3) is 0 Å². The Balaban J connectivity index is 3.23. The largest absolute Gasteiger partial charge is 0.381 e. The number of hydrogen-bond donors (Lipinski definition) is 0. The zero-order valence-corrected chi connectivity index (χ0v) is 12.2. The molecule has 0 spiro atoms. The Morgan fingerprint density at radius 1 is 0.765 bits per heavy atom. The SMILES string of the molecule is CCCOCCCCCCC(CCC)OCC. The maximum absolute atomic E-state index is 5.72. The second kappa shape index (κ2) is 14.0. The molecule has 0 aliphatic rings. The van der Waals surface area contributed by atoms with Crippen LogP contribution in [0.5, 0.6) is 0 Å². The van der Waals surface area contributed by atoms with E-state index in [4.69, 9.17) is 9.47 Å². The monoisotopic (exact) mass is 244 g/mol. The van der Waals surface area contributed by atoms with Crippen molar-refractivity contribution < 1.29 is 9.47 Å². The Hall–Kier alpha value is -0.0800. The van der Waals surface area contributed by atoms with Gasteiger partial charge in [-0.3, -0.25) is 0 Å². The molecule has 2 heteroatoms. The van der Waals surface area contributed by atoms with Crippen molar-refractivity contribution in [2.75, 3.05) is 19.8 Å². The molecule has 1 unspecified atom stereocenters. The Labute approximate surface area is 108 Å². The van der Waals surface area contributed by atoms with Gasteiger partial charge in [0.2, 0.25) is 0 Å². The first kappa shape index (κ1) is 16.9. The third-order valence-corrected chi connectivity index (χ3v) is 2.93. The van der Waals surface area contributed by atoms with Crippen LogP contribution < -0.4 is 0 Å². The predicted molar refractivity (Wildman–Crippen MR) is 74.5 cm³/mol. The highest BCUT2D eigenvalue weighted by Gasteiger charge is 2.06. The molecule has 0 radical (unpaired) electrons. The number of unbranched alkanes of at least 4 members (excludes halogenated alkanes) is 3. The van der Waals surface area contributed by atoms with Crippen LogP contribution in [-0.2, 0) is 9.47 Å². The lowest BCUT2D eigenvalue weighted by Crippen LogP contribution is -2.12. The molecule has 0 aliphatic carbocycles. The summed E-state index contributed by atoms with van der Waals surface area (Å²) in [5.74, 6) is 0. The van der Waals surface area contributed by atoms with Crippen molar-refractivity contribution in [1.82, 2.24) is 0 Å². The lowest BCUT2D eigenvalue weighted by atomic mass is 10.1. The molecule has 0 fully saturated rings. The van der Waals surface area contributed by atoms with Gasteiger partial charge >= 0.3 is 0 Å². The topological polar surface area (TPSA) is 18.5 Å². The highest BCUT2D eigenvalue weighted by atomic mass is 16.5. The van der Waals surface area contributed by atoms with E-state index in [1.807, 2.05) is 0 Å². The molecule has 0 saturated heterocycles. The van der Waals surface area contributed by atoms with Crippen LogP contribution in [0.1, 0.15) is 72.1 Å². The molecule has 0 saturated carbocycles. The van der Waals surface area contributed by atoms with Crippen LogP contribution in [0, 0.1) is 0 Å². The van der Waals surface area contributed by atoms with Crippen LogP contribution in [0.4, 0.5) is 0 Å². The summed E-state index contributed by atoms with van der Waals surface area (Å²) >= 11 is 0. The molecule has 0 aromatic heterocycles. The van der Waals surface area contributed by atoms with Gasteiger partial charge in [0.05, 0.1) is 6.10 Å². The standard InChI is InChI=1S/C15H32O2/c1-4-11-15(17-6-3)12-9-7-8-10-14-16-13-5-2/h15H,4-14H2,1-3H3. The average molecular weight is 244 g/mol. The summed E-state index contributed by atoms with van der Waals surface area (Å²) in [4.78, 5) is 0. The first-order chi connectivity index (χ1) is 8.35. The second-order valence-corrected chi connectivity index (χ2v) is 4.68. The van der Waals surface area contributed by atoms with Crippen LogP contribution in [-0.4, -0.2) is 25.9 Å². The molecule has 17 heavy (non-hydrogen) atoms.